The molecule has 0 saturated carbocycles. The Morgan fingerprint density at radius 2 is 1.80 bits per heavy atom. The Morgan fingerprint density at radius 1 is 1.15 bits per heavy atom. The Kier molecular flexibility index (Phi) is 4.98. The zero-order chi connectivity index (χ0) is 14.7. The van der Waals surface area contributed by atoms with Gasteiger partial charge in [-0.1, -0.05) is 31.0 Å². The second-order valence-corrected chi connectivity index (χ2v) is 6.59. The number of likely N-dealkylation sites (tertiary alicyclic amines) is 1. The first-order chi connectivity index (χ1) is 9.45. The molecular formula is C18H27NO. The predicted octanol–water partition coefficient (Wildman–Crippen LogP) is 3.85. The summed E-state index contributed by atoms with van der Waals surface area (Å²) in [5.41, 5.74) is 3.23. The number of ketones is 1. The van der Waals surface area contributed by atoms with Crippen LogP contribution in [0.3, 0.4) is 0 Å². The molecule has 0 N–H and O–H groups in total. The van der Waals surface area contributed by atoms with Gasteiger partial charge in [-0.3, -0.25) is 4.79 Å². The molecule has 0 aromatic heterocycles. The smallest absolute Gasteiger partial charge is 0.164 e. The molecule has 0 radical (unpaired) electrons. The molecule has 1 heterocycles. The standard InChI is InChI=1S/C18H27NO/c1-13-9-14(2)11-17(10-13)18(20)6-8-19-7-5-15(3)16(4)12-19/h9-11,15-16H,5-8,12H2,1-4H3. The van der Waals surface area contributed by atoms with Crippen molar-refractivity contribution in [2.75, 3.05) is 19.6 Å². The number of hydrogen-bond donors (Lipinski definition) is 0. The zero-order valence-electron chi connectivity index (χ0n) is 13.3. The van der Waals surface area contributed by atoms with Crippen molar-refractivity contribution in [1.29, 1.82) is 0 Å². The van der Waals surface area contributed by atoms with Crippen LogP contribution in [0.4, 0.5) is 0 Å². The fraction of sp³-hybridized carbons (Fsp3) is 0.611. The fourth-order valence-corrected chi connectivity index (χ4v) is 3.09. The number of aryl methyl sites for hydroxylation is 2. The summed E-state index contributed by atoms with van der Waals surface area (Å²) in [5.74, 6) is 1.85. The largest absolute Gasteiger partial charge is 0.303 e. The quantitative estimate of drug-likeness (QED) is 0.777. The van der Waals surface area contributed by atoms with Crippen molar-refractivity contribution in [3.05, 3.63) is 34.9 Å². The molecule has 20 heavy (non-hydrogen) atoms. The molecule has 0 amide bonds. The number of piperidine rings is 1. The van der Waals surface area contributed by atoms with Gasteiger partial charge < -0.3 is 4.90 Å². The third-order valence-electron chi connectivity index (χ3n) is 4.62. The van der Waals surface area contributed by atoms with E-state index in [4.69, 9.17) is 0 Å². The van der Waals surface area contributed by atoms with Gasteiger partial charge in [0.1, 0.15) is 0 Å². The normalized spacial score (nSPS) is 23.8. The number of hydrogen-bond acceptors (Lipinski definition) is 2. The van der Waals surface area contributed by atoms with E-state index in [1.807, 2.05) is 12.1 Å². The average molecular weight is 273 g/mol. The molecule has 0 bridgehead atoms. The molecular weight excluding hydrogens is 246 g/mol. The van der Waals surface area contributed by atoms with Gasteiger partial charge in [-0.25, -0.2) is 0 Å². The highest BCUT2D eigenvalue weighted by molar-refractivity contribution is 5.96. The van der Waals surface area contributed by atoms with Crippen LogP contribution in [0.15, 0.2) is 18.2 Å². The minimum Gasteiger partial charge on any atom is -0.303 e. The summed E-state index contributed by atoms with van der Waals surface area (Å²) in [7, 11) is 0. The SMILES string of the molecule is Cc1cc(C)cc(C(=O)CCN2CCC(C)C(C)C2)c1. The van der Waals surface area contributed by atoms with E-state index in [1.165, 1.54) is 17.5 Å². The molecule has 1 aliphatic rings. The van der Waals surface area contributed by atoms with Gasteiger partial charge in [0.25, 0.3) is 0 Å². The van der Waals surface area contributed by atoms with Gasteiger partial charge in [-0.15, -0.1) is 0 Å². The first-order valence-electron chi connectivity index (χ1n) is 7.79. The van der Waals surface area contributed by atoms with Crippen LogP contribution in [0.5, 0.6) is 0 Å². The van der Waals surface area contributed by atoms with Crippen LogP contribution in [0.1, 0.15) is 48.2 Å². The van der Waals surface area contributed by atoms with E-state index in [-0.39, 0.29) is 5.78 Å². The van der Waals surface area contributed by atoms with Crippen LogP contribution in [-0.4, -0.2) is 30.3 Å². The van der Waals surface area contributed by atoms with Crippen molar-refractivity contribution in [2.45, 2.75) is 40.5 Å². The number of benzene rings is 1. The molecule has 2 heteroatoms. The van der Waals surface area contributed by atoms with Crippen LogP contribution >= 0.6 is 0 Å². The monoisotopic (exact) mass is 273 g/mol. The molecule has 1 fully saturated rings. The maximum Gasteiger partial charge on any atom is 0.164 e. The highest BCUT2D eigenvalue weighted by atomic mass is 16.1. The van der Waals surface area contributed by atoms with Crippen molar-refractivity contribution in [3.8, 4) is 0 Å². The molecule has 110 valence electrons. The lowest BCUT2D eigenvalue weighted by molar-refractivity contribution is 0.0927. The number of carbonyl (C=O) groups excluding carboxylic acids is 1. The molecule has 2 atom stereocenters. The molecule has 0 spiro atoms. The van der Waals surface area contributed by atoms with E-state index >= 15 is 0 Å². The minimum absolute atomic E-state index is 0.281. The Hall–Kier alpha value is -1.15. The Balaban J connectivity index is 1.89. The number of Topliss-reactive ketones (excluding diaryl/α,β-unsaturated/α-hetero) is 1. The van der Waals surface area contributed by atoms with Crippen molar-refractivity contribution in [3.63, 3.8) is 0 Å². The van der Waals surface area contributed by atoms with Gasteiger partial charge in [0.2, 0.25) is 0 Å². The van der Waals surface area contributed by atoms with Crippen LogP contribution in [0, 0.1) is 25.7 Å². The molecule has 1 aromatic carbocycles. The first kappa shape index (κ1) is 15.2. The predicted molar refractivity (Wildman–Crippen MR) is 84.2 cm³/mol. The molecule has 2 rings (SSSR count). The number of nitrogens with zero attached hydrogens (tertiary/aromatic N) is 1. The lowest BCUT2D eigenvalue weighted by atomic mass is 9.88. The lowest BCUT2D eigenvalue weighted by Gasteiger charge is -2.35. The zero-order valence-corrected chi connectivity index (χ0v) is 13.3. The third-order valence-corrected chi connectivity index (χ3v) is 4.62. The van der Waals surface area contributed by atoms with Crippen LogP contribution in [-0.2, 0) is 0 Å². The number of carbonyl (C=O) groups is 1. The van der Waals surface area contributed by atoms with E-state index in [2.05, 4.69) is 38.7 Å². The van der Waals surface area contributed by atoms with Crippen LogP contribution < -0.4 is 0 Å². The molecule has 2 nitrogen and oxygen atoms in total. The van der Waals surface area contributed by atoms with E-state index in [9.17, 15) is 4.79 Å². The Labute approximate surface area is 123 Å². The van der Waals surface area contributed by atoms with Gasteiger partial charge in [-0.05, 0) is 50.8 Å². The number of rotatable bonds is 4. The topological polar surface area (TPSA) is 20.3 Å². The highest BCUT2D eigenvalue weighted by Gasteiger charge is 2.22. The summed E-state index contributed by atoms with van der Waals surface area (Å²) in [4.78, 5) is 14.8. The maximum absolute atomic E-state index is 12.3. The molecule has 1 saturated heterocycles. The molecule has 1 aromatic rings. The summed E-state index contributed by atoms with van der Waals surface area (Å²) in [6.07, 6.45) is 1.91. The van der Waals surface area contributed by atoms with Gasteiger partial charge >= 0.3 is 0 Å². The fourth-order valence-electron chi connectivity index (χ4n) is 3.09. The summed E-state index contributed by atoms with van der Waals surface area (Å²) in [5, 5.41) is 0. The Bertz CT molecular complexity index is 460. The van der Waals surface area contributed by atoms with E-state index < -0.39 is 0 Å². The third kappa shape index (κ3) is 3.92. The summed E-state index contributed by atoms with van der Waals surface area (Å²) >= 11 is 0. The van der Waals surface area contributed by atoms with Crippen molar-refractivity contribution >= 4 is 5.78 Å². The summed E-state index contributed by atoms with van der Waals surface area (Å²) < 4.78 is 0. The van der Waals surface area contributed by atoms with Gasteiger partial charge in [0, 0.05) is 25.1 Å². The lowest BCUT2D eigenvalue weighted by Crippen LogP contribution is -2.39. The van der Waals surface area contributed by atoms with Crippen LogP contribution in [0.2, 0.25) is 0 Å². The second-order valence-electron chi connectivity index (χ2n) is 6.59. The average Bonchev–Trinajstić information content (AvgIpc) is 2.38. The van der Waals surface area contributed by atoms with Gasteiger partial charge in [0.15, 0.2) is 5.78 Å². The minimum atomic E-state index is 0.281. The summed E-state index contributed by atoms with van der Waals surface area (Å²) in [6.45, 7) is 12.0. The highest BCUT2D eigenvalue weighted by Crippen LogP contribution is 2.22. The first-order valence-corrected chi connectivity index (χ1v) is 7.79. The van der Waals surface area contributed by atoms with Crippen molar-refractivity contribution in [1.82, 2.24) is 4.90 Å². The molecule has 0 aliphatic carbocycles. The van der Waals surface area contributed by atoms with E-state index in [0.29, 0.717) is 6.42 Å². The van der Waals surface area contributed by atoms with Crippen molar-refractivity contribution < 1.29 is 4.79 Å². The van der Waals surface area contributed by atoms with Gasteiger partial charge in [0.05, 0.1) is 0 Å². The van der Waals surface area contributed by atoms with E-state index in [0.717, 1.165) is 37.0 Å². The van der Waals surface area contributed by atoms with Gasteiger partial charge in [-0.2, -0.15) is 0 Å². The maximum atomic E-state index is 12.3. The molecule has 2 unspecified atom stereocenters. The Morgan fingerprint density at radius 3 is 2.40 bits per heavy atom. The van der Waals surface area contributed by atoms with Crippen molar-refractivity contribution in [2.24, 2.45) is 11.8 Å². The second kappa shape index (κ2) is 6.53. The van der Waals surface area contributed by atoms with E-state index in [1.54, 1.807) is 0 Å². The van der Waals surface area contributed by atoms with Crippen LogP contribution in [0.25, 0.3) is 0 Å². The molecule has 1 aliphatic heterocycles. The summed E-state index contributed by atoms with van der Waals surface area (Å²) in [6, 6.07) is 6.14.